The number of benzene rings is 1. The van der Waals surface area contributed by atoms with Crippen LogP contribution in [0.25, 0.3) is 0 Å². The van der Waals surface area contributed by atoms with Crippen LogP contribution in [-0.4, -0.2) is 39.0 Å². The van der Waals surface area contributed by atoms with E-state index < -0.39 is 10.0 Å². The zero-order chi connectivity index (χ0) is 14.0. The number of anilines is 1. The van der Waals surface area contributed by atoms with Gasteiger partial charge in [-0.25, -0.2) is 8.42 Å². The first-order chi connectivity index (χ1) is 8.95. The van der Waals surface area contributed by atoms with Crippen LogP contribution in [0.1, 0.15) is 13.3 Å². The number of methoxy groups -OCH3 is 1. The van der Waals surface area contributed by atoms with Gasteiger partial charge in [0.05, 0.1) is 11.0 Å². The van der Waals surface area contributed by atoms with Gasteiger partial charge in [-0.2, -0.15) is 4.31 Å². The normalized spacial score (nSPS) is 25.4. The SMILES string of the molecule is COC1CN(S(=O)(=O)c2cccc(N)c2)CCC1C. The van der Waals surface area contributed by atoms with Gasteiger partial charge in [-0.1, -0.05) is 13.0 Å². The highest BCUT2D eigenvalue weighted by molar-refractivity contribution is 7.89. The van der Waals surface area contributed by atoms with E-state index in [9.17, 15) is 8.42 Å². The van der Waals surface area contributed by atoms with Crippen LogP contribution in [0.15, 0.2) is 29.2 Å². The molecule has 19 heavy (non-hydrogen) atoms. The molecule has 2 rings (SSSR count). The van der Waals surface area contributed by atoms with Crippen LogP contribution < -0.4 is 5.73 Å². The lowest BCUT2D eigenvalue weighted by atomic mass is 9.97. The average molecular weight is 284 g/mol. The Kier molecular flexibility index (Phi) is 4.13. The summed E-state index contributed by atoms with van der Waals surface area (Å²) < 4.78 is 31.9. The first-order valence-corrected chi connectivity index (χ1v) is 7.77. The Hall–Kier alpha value is -1.11. The topological polar surface area (TPSA) is 72.6 Å². The minimum absolute atomic E-state index is 0.0513. The van der Waals surface area contributed by atoms with Crippen LogP contribution in [0.4, 0.5) is 5.69 Å². The van der Waals surface area contributed by atoms with Crippen molar-refractivity contribution in [1.82, 2.24) is 4.31 Å². The van der Waals surface area contributed by atoms with Gasteiger partial charge in [-0.05, 0) is 30.5 Å². The fraction of sp³-hybridized carbons (Fsp3) is 0.538. The van der Waals surface area contributed by atoms with Crippen molar-refractivity contribution in [2.75, 3.05) is 25.9 Å². The molecule has 6 heteroatoms. The average Bonchev–Trinajstić information content (AvgIpc) is 2.39. The molecule has 2 unspecified atom stereocenters. The van der Waals surface area contributed by atoms with Crippen molar-refractivity contribution < 1.29 is 13.2 Å². The maximum atomic E-state index is 12.5. The maximum absolute atomic E-state index is 12.5. The number of rotatable bonds is 3. The Morgan fingerprint density at radius 1 is 1.42 bits per heavy atom. The Morgan fingerprint density at radius 2 is 2.16 bits per heavy atom. The second-order valence-corrected chi connectivity index (χ2v) is 6.91. The zero-order valence-electron chi connectivity index (χ0n) is 11.2. The third-order valence-corrected chi connectivity index (χ3v) is 5.51. The van der Waals surface area contributed by atoms with Gasteiger partial charge in [0.25, 0.3) is 0 Å². The van der Waals surface area contributed by atoms with Crippen LogP contribution in [0, 0.1) is 5.92 Å². The molecule has 0 radical (unpaired) electrons. The van der Waals surface area contributed by atoms with Crippen molar-refractivity contribution in [2.45, 2.75) is 24.3 Å². The summed E-state index contributed by atoms with van der Waals surface area (Å²) in [6, 6.07) is 6.40. The van der Waals surface area contributed by atoms with Crippen molar-refractivity contribution in [2.24, 2.45) is 5.92 Å². The summed E-state index contributed by atoms with van der Waals surface area (Å²) in [4.78, 5) is 0.247. The second kappa shape index (κ2) is 5.48. The summed E-state index contributed by atoms with van der Waals surface area (Å²) >= 11 is 0. The predicted molar refractivity (Wildman–Crippen MR) is 74.2 cm³/mol. The molecular formula is C13H20N2O3S. The molecule has 5 nitrogen and oxygen atoms in total. The minimum Gasteiger partial charge on any atom is -0.399 e. The fourth-order valence-corrected chi connectivity index (χ4v) is 3.88. The Labute approximate surface area is 114 Å². The summed E-state index contributed by atoms with van der Waals surface area (Å²) in [6.07, 6.45) is 0.754. The lowest BCUT2D eigenvalue weighted by molar-refractivity contribution is 0.0184. The van der Waals surface area contributed by atoms with Gasteiger partial charge >= 0.3 is 0 Å². The molecule has 2 atom stereocenters. The first kappa shape index (κ1) is 14.3. The molecule has 0 saturated carbocycles. The molecule has 1 heterocycles. The second-order valence-electron chi connectivity index (χ2n) is 4.98. The number of ether oxygens (including phenoxy) is 1. The number of hydrogen-bond donors (Lipinski definition) is 1. The van der Waals surface area contributed by atoms with Crippen LogP contribution in [-0.2, 0) is 14.8 Å². The van der Waals surface area contributed by atoms with E-state index in [0.717, 1.165) is 6.42 Å². The van der Waals surface area contributed by atoms with Gasteiger partial charge in [0.2, 0.25) is 10.0 Å². The van der Waals surface area contributed by atoms with Gasteiger partial charge in [0, 0.05) is 25.9 Å². The molecule has 1 aromatic carbocycles. The maximum Gasteiger partial charge on any atom is 0.243 e. The molecule has 1 aromatic rings. The van der Waals surface area contributed by atoms with Crippen molar-refractivity contribution >= 4 is 15.7 Å². The number of nitrogens with two attached hydrogens (primary N) is 1. The summed E-state index contributed by atoms with van der Waals surface area (Å²) in [5.41, 5.74) is 6.11. The summed E-state index contributed by atoms with van der Waals surface area (Å²) in [5, 5.41) is 0. The van der Waals surface area contributed by atoms with Crippen LogP contribution >= 0.6 is 0 Å². The quantitative estimate of drug-likeness (QED) is 0.850. The van der Waals surface area contributed by atoms with Gasteiger partial charge in [-0.15, -0.1) is 0 Å². The van der Waals surface area contributed by atoms with E-state index in [1.807, 2.05) is 0 Å². The van der Waals surface area contributed by atoms with Crippen molar-refractivity contribution in [3.63, 3.8) is 0 Å². The highest BCUT2D eigenvalue weighted by Gasteiger charge is 2.33. The first-order valence-electron chi connectivity index (χ1n) is 6.33. The molecule has 1 saturated heterocycles. The van der Waals surface area contributed by atoms with E-state index in [-0.39, 0.29) is 11.0 Å². The molecule has 0 bridgehead atoms. The van der Waals surface area contributed by atoms with Crippen LogP contribution in [0.3, 0.4) is 0 Å². The molecule has 1 fully saturated rings. The Morgan fingerprint density at radius 3 is 2.79 bits per heavy atom. The number of nitrogens with zero attached hydrogens (tertiary/aromatic N) is 1. The third kappa shape index (κ3) is 2.91. The summed E-state index contributed by atoms with van der Waals surface area (Å²) in [7, 11) is -1.85. The molecule has 106 valence electrons. The number of nitrogen functional groups attached to an aromatic ring is 1. The summed E-state index contributed by atoms with van der Waals surface area (Å²) in [6.45, 7) is 3.01. The summed E-state index contributed by atoms with van der Waals surface area (Å²) in [5.74, 6) is 0.372. The van der Waals surface area contributed by atoms with E-state index >= 15 is 0 Å². The largest absolute Gasteiger partial charge is 0.399 e. The Bertz CT molecular complexity index is 545. The minimum atomic E-state index is -3.48. The van der Waals surface area contributed by atoms with Gasteiger partial charge < -0.3 is 10.5 Å². The molecule has 0 aromatic heterocycles. The van der Waals surface area contributed by atoms with Crippen molar-refractivity contribution in [3.05, 3.63) is 24.3 Å². The molecule has 1 aliphatic heterocycles. The molecule has 1 aliphatic rings. The lowest BCUT2D eigenvalue weighted by Gasteiger charge is -2.35. The third-order valence-electron chi connectivity index (χ3n) is 3.65. The number of piperidine rings is 1. The molecular weight excluding hydrogens is 264 g/mol. The van der Waals surface area contributed by atoms with E-state index in [2.05, 4.69) is 6.92 Å². The zero-order valence-corrected chi connectivity index (χ0v) is 12.1. The van der Waals surface area contributed by atoms with Crippen LogP contribution in [0.5, 0.6) is 0 Å². The molecule has 0 aliphatic carbocycles. The monoisotopic (exact) mass is 284 g/mol. The fourth-order valence-electron chi connectivity index (χ4n) is 2.35. The van der Waals surface area contributed by atoms with Gasteiger partial charge in [0.15, 0.2) is 0 Å². The van der Waals surface area contributed by atoms with Crippen LogP contribution in [0.2, 0.25) is 0 Å². The molecule has 0 spiro atoms. The van der Waals surface area contributed by atoms with Crippen molar-refractivity contribution in [1.29, 1.82) is 0 Å². The van der Waals surface area contributed by atoms with Gasteiger partial charge in [-0.3, -0.25) is 0 Å². The Balaban J connectivity index is 2.25. The molecule has 0 amide bonds. The smallest absolute Gasteiger partial charge is 0.243 e. The van der Waals surface area contributed by atoms with E-state index in [1.165, 1.54) is 10.4 Å². The lowest BCUT2D eigenvalue weighted by Crippen LogP contribution is -2.46. The van der Waals surface area contributed by atoms with E-state index in [0.29, 0.717) is 24.7 Å². The highest BCUT2D eigenvalue weighted by atomic mass is 32.2. The van der Waals surface area contributed by atoms with E-state index in [1.54, 1.807) is 25.3 Å². The highest BCUT2D eigenvalue weighted by Crippen LogP contribution is 2.25. The van der Waals surface area contributed by atoms with Gasteiger partial charge in [0.1, 0.15) is 0 Å². The molecule has 2 N–H and O–H groups in total. The number of sulfonamides is 1. The standard InChI is InChI=1S/C13H20N2O3S/c1-10-6-7-15(9-13(10)18-2)19(16,17)12-5-3-4-11(14)8-12/h3-5,8,10,13H,6-7,9,14H2,1-2H3. The van der Waals surface area contributed by atoms with E-state index in [4.69, 9.17) is 10.5 Å². The predicted octanol–water partition coefficient (Wildman–Crippen LogP) is 1.31. The number of hydrogen-bond acceptors (Lipinski definition) is 4. The van der Waals surface area contributed by atoms with Crippen molar-refractivity contribution in [3.8, 4) is 0 Å².